The lowest BCUT2D eigenvalue weighted by molar-refractivity contribution is -0.0401. The molecule has 2 rings (SSSR count). The fraction of sp³-hybridized carbons (Fsp3) is 1.00. The van der Waals surface area contributed by atoms with Gasteiger partial charge in [0.1, 0.15) is 0 Å². The third kappa shape index (κ3) is 1.86. The molecule has 3 unspecified atom stereocenters. The Labute approximate surface area is 78.9 Å². The summed E-state index contributed by atoms with van der Waals surface area (Å²) in [5, 5.41) is 12.9. The second kappa shape index (κ2) is 3.92. The first-order chi connectivity index (χ1) is 6.29. The molecule has 4 heteroatoms. The molecule has 13 heavy (non-hydrogen) atoms. The normalized spacial score (nSPS) is 42.5. The van der Waals surface area contributed by atoms with Crippen LogP contribution in [0.4, 0.5) is 0 Å². The Morgan fingerprint density at radius 1 is 1.46 bits per heavy atom. The quantitative estimate of drug-likeness (QED) is 0.553. The van der Waals surface area contributed by atoms with E-state index in [1.54, 1.807) is 0 Å². The van der Waals surface area contributed by atoms with Crippen LogP contribution in [0.1, 0.15) is 6.92 Å². The minimum absolute atomic E-state index is 0.208. The molecular formula is C9H18N2O2. The predicted octanol–water partition coefficient (Wildman–Crippen LogP) is -0.960. The molecular weight excluding hydrogens is 168 g/mol. The second-order valence-corrected chi connectivity index (χ2v) is 3.95. The Morgan fingerprint density at radius 3 is 2.92 bits per heavy atom. The van der Waals surface area contributed by atoms with Crippen molar-refractivity contribution in [3.8, 4) is 0 Å². The molecule has 0 aromatic carbocycles. The van der Waals surface area contributed by atoms with E-state index < -0.39 is 0 Å². The van der Waals surface area contributed by atoms with Crippen LogP contribution in [0.5, 0.6) is 0 Å². The van der Waals surface area contributed by atoms with Crippen LogP contribution >= 0.6 is 0 Å². The number of hydrogen-bond donors (Lipinski definition) is 2. The number of rotatable bonds is 1. The molecule has 0 aliphatic carbocycles. The standard InChI is InChI=1S/C9H18N2O2/c1-7-6-13-3-2-11(7)8-4-10-5-9(8)12/h7-10,12H,2-6H2,1H3. The number of aliphatic hydroxyl groups excluding tert-OH is 1. The van der Waals surface area contributed by atoms with Crippen molar-refractivity contribution in [2.24, 2.45) is 0 Å². The van der Waals surface area contributed by atoms with E-state index in [0.29, 0.717) is 12.1 Å². The number of ether oxygens (including phenoxy) is 1. The van der Waals surface area contributed by atoms with Crippen LogP contribution in [0.2, 0.25) is 0 Å². The van der Waals surface area contributed by atoms with Crippen LogP contribution in [0.3, 0.4) is 0 Å². The van der Waals surface area contributed by atoms with Gasteiger partial charge in [0.15, 0.2) is 0 Å². The van der Waals surface area contributed by atoms with Gasteiger partial charge < -0.3 is 15.2 Å². The first kappa shape index (κ1) is 9.40. The molecule has 2 fully saturated rings. The van der Waals surface area contributed by atoms with Crippen molar-refractivity contribution in [1.82, 2.24) is 10.2 Å². The highest BCUT2D eigenvalue weighted by molar-refractivity contribution is 4.91. The zero-order valence-corrected chi connectivity index (χ0v) is 8.07. The Kier molecular flexibility index (Phi) is 2.83. The van der Waals surface area contributed by atoms with Crippen LogP contribution in [-0.2, 0) is 4.74 Å². The van der Waals surface area contributed by atoms with Crippen molar-refractivity contribution in [2.45, 2.75) is 25.1 Å². The summed E-state index contributed by atoms with van der Waals surface area (Å²) >= 11 is 0. The average molecular weight is 186 g/mol. The summed E-state index contributed by atoms with van der Waals surface area (Å²) in [6.45, 7) is 6.34. The van der Waals surface area contributed by atoms with Crippen LogP contribution in [-0.4, -0.2) is 61.0 Å². The molecule has 76 valence electrons. The Hall–Kier alpha value is -0.160. The summed E-state index contributed by atoms with van der Waals surface area (Å²) in [7, 11) is 0. The number of nitrogens with one attached hydrogen (secondary N) is 1. The lowest BCUT2D eigenvalue weighted by Gasteiger charge is -2.38. The summed E-state index contributed by atoms with van der Waals surface area (Å²) < 4.78 is 5.36. The van der Waals surface area contributed by atoms with Gasteiger partial charge in [0.2, 0.25) is 0 Å². The molecule has 4 nitrogen and oxygen atoms in total. The predicted molar refractivity (Wildman–Crippen MR) is 49.7 cm³/mol. The van der Waals surface area contributed by atoms with Gasteiger partial charge >= 0.3 is 0 Å². The zero-order valence-electron chi connectivity index (χ0n) is 8.07. The van der Waals surface area contributed by atoms with Crippen LogP contribution in [0.25, 0.3) is 0 Å². The molecule has 2 aliphatic heterocycles. The summed E-state index contributed by atoms with van der Waals surface area (Å²) in [5.41, 5.74) is 0. The Balaban J connectivity index is 1.97. The highest BCUT2D eigenvalue weighted by Gasteiger charge is 2.34. The number of hydrogen-bond acceptors (Lipinski definition) is 4. The first-order valence-corrected chi connectivity index (χ1v) is 5.01. The van der Waals surface area contributed by atoms with Gasteiger partial charge in [-0.3, -0.25) is 4.90 Å². The van der Waals surface area contributed by atoms with E-state index in [1.165, 1.54) is 0 Å². The molecule has 0 radical (unpaired) electrons. The van der Waals surface area contributed by atoms with Gasteiger partial charge in [-0.05, 0) is 6.92 Å². The molecule has 2 aliphatic rings. The summed E-state index contributed by atoms with van der Waals surface area (Å²) in [5.74, 6) is 0. The average Bonchev–Trinajstić information content (AvgIpc) is 2.52. The third-order valence-corrected chi connectivity index (χ3v) is 3.00. The fourth-order valence-corrected chi connectivity index (χ4v) is 2.22. The van der Waals surface area contributed by atoms with Crippen molar-refractivity contribution < 1.29 is 9.84 Å². The molecule has 0 aromatic heterocycles. The van der Waals surface area contributed by atoms with Crippen LogP contribution in [0.15, 0.2) is 0 Å². The van der Waals surface area contributed by atoms with Crippen molar-refractivity contribution in [1.29, 1.82) is 0 Å². The van der Waals surface area contributed by atoms with Gasteiger partial charge in [0.25, 0.3) is 0 Å². The number of nitrogens with zero attached hydrogens (tertiary/aromatic N) is 1. The summed E-state index contributed by atoms with van der Waals surface area (Å²) in [6, 6.07) is 0.729. The number of aliphatic hydroxyl groups is 1. The van der Waals surface area contributed by atoms with Crippen molar-refractivity contribution in [3.63, 3.8) is 0 Å². The molecule has 0 aromatic rings. The van der Waals surface area contributed by atoms with Gasteiger partial charge in [-0.1, -0.05) is 0 Å². The van der Waals surface area contributed by atoms with E-state index >= 15 is 0 Å². The SMILES string of the molecule is CC1COCCN1C1CNCC1O. The van der Waals surface area contributed by atoms with Gasteiger partial charge in [0.05, 0.1) is 19.3 Å². The molecule has 0 saturated carbocycles. The van der Waals surface area contributed by atoms with E-state index in [1.807, 2.05) is 0 Å². The molecule has 0 bridgehead atoms. The maximum atomic E-state index is 9.71. The van der Waals surface area contributed by atoms with E-state index in [4.69, 9.17) is 4.74 Å². The maximum Gasteiger partial charge on any atom is 0.0831 e. The smallest absolute Gasteiger partial charge is 0.0831 e. The Bertz CT molecular complexity index is 177. The fourth-order valence-electron chi connectivity index (χ4n) is 2.22. The van der Waals surface area contributed by atoms with E-state index in [-0.39, 0.29) is 6.10 Å². The second-order valence-electron chi connectivity index (χ2n) is 3.95. The van der Waals surface area contributed by atoms with Gasteiger partial charge in [-0.2, -0.15) is 0 Å². The molecule has 0 spiro atoms. The molecule has 2 saturated heterocycles. The maximum absolute atomic E-state index is 9.71. The highest BCUT2D eigenvalue weighted by Crippen LogP contribution is 2.15. The number of β-amino-alcohol motifs (C(OH)–C–C–N with tert-alkyl or cyclic N) is 1. The Morgan fingerprint density at radius 2 is 2.31 bits per heavy atom. The molecule has 2 heterocycles. The molecule has 2 N–H and O–H groups in total. The third-order valence-electron chi connectivity index (χ3n) is 3.00. The van der Waals surface area contributed by atoms with Gasteiger partial charge in [0, 0.05) is 31.7 Å². The van der Waals surface area contributed by atoms with Crippen LogP contribution < -0.4 is 5.32 Å². The van der Waals surface area contributed by atoms with Crippen molar-refractivity contribution in [3.05, 3.63) is 0 Å². The van der Waals surface area contributed by atoms with E-state index in [0.717, 1.165) is 32.8 Å². The molecule has 3 atom stereocenters. The van der Waals surface area contributed by atoms with Crippen molar-refractivity contribution in [2.75, 3.05) is 32.8 Å². The molecule has 0 amide bonds. The summed E-state index contributed by atoms with van der Waals surface area (Å²) in [6.07, 6.45) is -0.208. The van der Waals surface area contributed by atoms with Gasteiger partial charge in [-0.15, -0.1) is 0 Å². The number of morpholine rings is 1. The van der Waals surface area contributed by atoms with E-state index in [9.17, 15) is 5.11 Å². The lowest BCUT2D eigenvalue weighted by atomic mass is 10.1. The minimum atomic E-state index is -0.208. The van der Waals surface area contributed by atoms with Gasteiger partial charge in [-0.25, -0.2) is 0 Å². The van der Waals surface area contributed by atoms with E-state index in [2.05, 4.69) is 17.1 Å². The lowest BCUT2D eigenvalue weighted by Crippen LogP contribution is -2.53. The van der Waals surface area contributed by atoms with Crippen LogP contribution in [0, 0.1) is 0 Å². The monoisotopic (exact) mass is 186 g/mol. The topological polar surface area (TPSA) is 44.7 Å². The largest absolute Gasteiger partial charge is 0.390 e. The minimum Gasteiger partial charge on any atom is -0.390 e. The first-order valence-electron chi connectivity index (χ1n) is 5.01. The summed E-state index contributed by atoms with van der Waals surface area (Å²) in [4.78, 5) is 2.36. The highest BCUT2D eigenvalue weighted by atomic mass is 16.5. The van der Waals surface area contributed by atoms with Crippen molar-refractivity contribution >= 4 is 0 Å². The zero-order chi connectivity index (χ0) is 9.26.